The van der Waals surface area contributed by atoms with Gasteiger partial charge in [0.15, 0.2) is 0 Å². The standard InChI is InChI=1S/C17H31N3O3S/c1-2-11-24(22,23)20-9-7-14(8-10-20)18-17(21)16-12-13-5-3-4-6-15(13)19-16/h13-16,19H,2-12H2,1H3,(H,18,21). The Morgan fingerprint density at radius 1 is 1.17 bits per heavy atom. The zero-order chi connectivity index (χ0) is 17.2. The first-order valence-electron chi connectivity index (χ1n) is 9.54. The van der Waals surface area contributed by atoms with Gasteiger partial charge in [-0.15, -0.1) is 0 Å². The number of rotatable bonds is 5. The van der Waals surface area contributed by atoms with Crippen LogP contribution in [0, 0.1) is 5.92 Å². The second-order valence-electron chi connectivity index (χ2n) is 7.60. The van der Waals surface area contributed by atoms with E-state index >= 15 is 0 Å². The lowest BCUT2D eigenvalue weighted by Crippen LogP contribution is -2.51. The van der Waals surface area contributed by atoms with Crippen LogP contribution in [0.1, 0.15) is 58.3 Å². The highest BCUT2D eigenvalue weighted by Crippen LogP contribution is 2.33. The highest BCUT2D eigenvalue weighted by Gasteiger charge is 2.39. The van der Waals surface area contributed by atoms with E-state index in [0.717, 1.165) is 6.42 Å². The van der Waals surface area contributed by atoms with Crippen molar-refractivity contribution < 1.29 is 13.2 Å². The molecular formula is C17H31N3O3S. The minimum Gasteiger partial charge on any atom is -0.352 e. The van der Waals surface area contributed by atoms with Crippen LogP contribution in [0.5, 0.6) is 0 Å². The van der Waals surface area contributed by atoms with Gasteiger partial charge in [-0.05, 0) is 44.4 Å². The Morgan fingerprint density at radius 2 is 1.88 bits per heavy atom. The lowest BCUT2D eigenvalue weighted by atomic mass is 9.85. The molecule has 2 saturated heterocycles. The van der Waals surface area contributed by atoms with Crippen LogP contribution < -0.4 is 10.6 Å². The molecule has 3 rings (SSSR count). The highest BCUT2D eigenvalue weighted by molar-refractivity contribution is 7.89. The van der Waals surface area contributed by atoms with E-state index < -0.39 is 10.0 Å². The summed E-state index contributed by atoms with van der Waals surface area (Å²) >= 11 is 0. The quantitative estimate of drug-likeness (QED) is 0.776. The third-order valence-electron chi connectivity index (χ3n) is 5.84. The van der Waals surface area contributed by atoms with Crippen molar-refractivity contribution in [2.75, 3.05) is 18.8 Å². The Kier molecular flexibility index (Phi) is 5.82. The van der Waals surface area contributed by atoms with Gasteiger partial charge in [0.05, 0.1) is 11.8 Å². The first kappa shape index (κ1) is 18.1. The zero-order valence-corrected chi connectivity index (χ0v) is 15.5. The SMILES string of the molecule is CCCS(=O)(=O)N1CCC(NC(=O)C2CC3CCCCC3N2)CC1. The van der Waals surface area contributed by atoms with Gasteiger partial charge in [0.2, 0.25) is 15.9 Å². The minimum absolute atomic E-state index is 0.0556. The van der Waals surface area contributed by atoms with Gasteiger partial charge in [-0.2, -0.15) is 0 Å². The van der Waals surface area contributed by atoms with Gasteiger partial charge < -0.3 is 10.6 Å². The molecule has 24 heavy (non-hydrogen) atoms. The van der Waals surface area contributed by atoms with E-state index in [1.165, 1.54) is 25.7 Å². The van der Waals surface area contributed by atoms with Crippen LogP contribution in [0.15, 0.2) is 0 Å². The average Bonchev–Trinajstić information content (AvgIpc) is 2.99. The van der Waals surface area contributed by atoms with Crippen molar-refractivity contribution in [1.82, 2.24) is 14.9 Å². The molecule has 1 aliphatic carbocycles. The summed E-state index contributed by atoms with van der Waals surface area (Å²) in [6.45, 7) is 2.93. The molecule has 0 radical (unpaired) electrons. The van der Waals surface area contributed by atoms with E-state index in [-0.39, 0.29) is 23.7 Å². The fraction of sp³-hybridized carbons (Fsp3) is 0.941. The summed E-state index contributed by atoms with van der Waals surface area (Å²) in [6, 6.07) is 0.575. The Balaban J connectivity index is 1.45. The normalized spacial score (nSPS) is 32.5. The molecule has 3 unspecified atom stereocenters. The first-order chi connectivity index (χ1) is 11.5. The van der Waals surface area contributed by atoms with Crippen molar-refractivity contribution in [2.45, 2.75) is 76.4 Å². The molecule has 0 aromatic rings. The molecule has 7 heteroatoms. The molecule has 0 spiro atoms. The largest absolute Gasteiger partial charge is 0.352 e. The third kappa shape index (κ3) is 4.11. The van der Waals surface area contributed by atoms with E-state index in [9.17, 15) is 13.2 Å². The van der Waals surface area contributed by atoms with Crippen LogP contribution in [0.2, 0.25) is 0 Å². The maximum Gasteiger partial charge on any atom is 0.237 e. The van der Waals surface area contributed by atoms with E-state index in [4.69, 9.17) is 0 Å². The number of nitrogens with one attached hydrogen (secondary N) is 2. The Hall–Kier alpha value is -0.660. The smallest absolute Gasteiger partial charge is 0.237 e. The first-order valence-corrected chi connectivity index (χ1v) is 11.1. The second kappa shape index (κ2) is 7.70. The van der Waals surface area contributed by atoms with Crippen LogP contribution in [0.4, 0.5) is 0 Å². The molecule has 1 saturated carbocycles. The van der Waals surface area contributed by atoms with Gasteiger partial charge in [0.1, 0.15) is 0 Å². The topological polar surface area (TPSA) is 78.5 Å². The van der Waals surface area contributed by atoms with E-state index in [1.54, 1.807) is 4.31 Å². The second-order valence-corrected chi connectivity index (χ2v) is 9.69. The lowest BCUT2D eigenvalue weighted by molar-refractivity contribution is -0.123. The van der Waals surface area contributed by atoms with Gasteiger partial charge in [-0.3, -0.25) is 4.79 Å². The maximum absolute atomic E-state index is 12.5. The number of carbonyl (C=O) groups is 1. The molecule has 0 aromatic heterocycles. The van der Waals surface area contributed by atoms with Gasteiger partial charge >= 0.3 is 0 Å². The summed E-state index contributed by atoms with van der Waals surface area (Å²) in [4.78, 5) is 12.5. The highest BCUT2D eigenvalue weighted by atomic mass is 32.2. The third-order valence-corrected chi connectivity index (χ3v) is 7.91. The predicted octanol–water partition coefficient (Wildman–Crippen LogP) is 1.23. The summed E-state index contributed by atoms with van der Waals surface area (Å²) in [5.74, 6) is 0.994. The van der Waals surface area contributed by atoms with E-state index in [0.29, 0.717) is 44.3 Å². The van der Waals surface area contributed by atoms with Crippen LogP contribution >= 0.6 is 0 Å². The monoisotopic (exact) mass is 357 g/mol. The summed E-state index contributed by atoms with van der Waals surface area (Å²) in [5.41, 5.74) is 0. The summed E-state index contributed by atoms with van der Waals surface area (Å²) in [6.07, 6.45) is 8.05. The average molecular weight is 358 g/mol. The van der Waals surface area contributed by atoms with E-state index in [2.05, 4.69) is 10.6 Å². The molecule has 1 amide bonds. The van der Waals surface area contributed by atoms with E-state index in [1.807, 2.05) is 6.92 Å². The number of hydrogen-bond acceptors (Lipinski definition) is 4. The number of amides is 1. The van der Waals surface area contributed by atoms with Crippen LogP contribution in [-0.2, 0) is 14.8 Å². The fourth-order valence-electron chi connectivity index (χ4n) is 4.49. The van der Waals surface area contributed by atoms with Gasteiger partial charge in [0.25, 0.3) is 0 Å². The molecule has 0 bridgehead atoms. The maximum atomic E-state index is 12.5. The molecular weight excluding hydrogens is 326 g/mol. The Labute approximate surface area is 145 Å². The molecule has 2 N–H and O–H groups in total. The van der Waals surface area contributed by atoms with Crippen molar-refractivity contribution in [3.8, 4) is 0 Å². The molecule has 138 valence electrons. The predicted molar refractivity (Wildman–Crippen MR) is 94.1 cm³/mol. The Bertz CT molecular complexity index is 529. The molecule has 3 aliphatic rings. The summed E-state index contributed by atoms with van der Waals surface area (Å²) < 4.78 is 25.8. The molecule has 3 fully saturated rings. The van der Waals surface area contributed by atoms with Crippen LogP contribution in [0.25, 0.3) is 0 Å². The summed E-state index contributed by atoms with van der Waals surface area (Å²) in [7, 11) is -3.11. The molecule has 3 atom stereocenters. The van der Waals surface area contributed by atoms with Gasteiger partial charge in [0, 0.05) is 25.2 Å². The van der Waals surface area contributed by atoms with Crippen LogP contribution in [0.3, 0.4) is 0 Å². The van der Waals surface area contributed by atoms with Crippen molar-refractivity contribution in [3.05, 3.63) is 0 Å². The zero-order valence-electron chi connectivity index (χ0n) is 14.7. The molecule has 2 aliphatic heterocycles. The molecule has 6 nitrogen and oxygen atoms in total. The Morgan fingerprint density at radius 3 is 2.54 bits per heavy atom. The number of hydrogen-bond donors (Lipinski definition) is 2. The van der Waals surface area contributed by atoms with Crippen molar-refractivity contribution in [1.29, 1.82) is 0 Å². The fourth-order valence-corrected chi connectivity index (χ4v) is 6.03. The van der Waals surface area contributed by atoms with Gasteiger partial charge in [-0.1, -0.05) is 19.8 Å². The summed E-state index contributed by atoms with van der Waals surface area (Å²) in [5, 5.41) is 6.67. The number of sulfonamides is 1. The number of carbonyl (C=O) groups excluding carboxylic acids is 1. The van der Waals surface area contributed by atoms with Crippen molar-refractivity contribution in [2.24, 2.45) is 5.92 Å². The number of fused-ring (bicyclic) bond motifs is 1. The number of piperidine rings is 1. The van der Waals surface area contributed by atoms with Gasteiger partial charge in [-0.25, -0.2) is 12.7 Å². The number of nitrogens with zero attached hydrogens (tertiary/aromatic N) is 1. The molecule has 0 aromatic carbocycles. The molecule has 2 heterocycles. The van der Waals surface area contributed by atoms with Crippen LogP contribution in [-0.4, -0.2) is 55.6 Å². The van der Waals surface area contributed by atoms with Crippen molar-refractivity contribution in [3.63, 3.8) is 0 Å². The lowest BCUT2D eigenvalue weighted by Gasteiger charge is -2.32. The minimum atomic E-state index is -3.11. The van der Waals surface area contributed by atoms with Crippen molar-refractivity contribution >= 4 is 15.9 Å².